The van der Waals surface area contributed by atoms with Crippen LogP contribution in [0.4, 0.5) is 17.1 Å². The number of anilines is 3. The van der Waals surface area contributed by atoms with Crippen molar-refractivity contribution in [3.05, 3.63) is 249 Å². The largest absolute Gasteiger partial charge is 0.310 e. The van der Waals surface area contributed by atoms with E-state index < -0.39 is 0 Å². The van der Waals surface area contributed by atoms with Gasteiger partial charge in [-0.05, 0) is 118 Å². The van der Waals surface area contributed by atoms with Gasteiger partial charge >= 0.3 is 0 Å². The lowest BCUT2D eigenvalue weighted by Crippen LogP contribution is -2.10. The van der Waals surface area contributed by atoms with Crippen molar-refractivity contribution in [2.24, 2.45) is 0 Å². The predicted octanol–water partition coefficient (Wildman–Crippen LogP) is 16.4. The smallest absolute Gasteiger partial charge is 0.0547 e. The van der Waals surface area contributed by atoms with Crippen LogP contribution >= 0.6 is 0 Å². The Morgan fingerprint density at radius 2 is 0.730 bits per heavy atom. The minimum absolute atomic E-state index is 1.08. The summed E-state index contributed by atoms with van der Waals surface area (Å²) >= 11 is 0. The molecule has 0 radical (unpaired) electrons. The number of rotatable bonds is 8. The van der Waals surface area contributed by atoms with E-state index in [0.717, 1.165) is 28.4 Å². The highest BCUT2D eigenvalue weighted by molar-refractivity contribution is 6.17. The Kier molecular flexibility index (Phi) is 8.83. The molecule has 0 aliphatic carbocycles. The third-order valence-corrected chi connectivity index (χ3v) is 12.5. The van der Waals surface area contributed by atoms with Crippen LogP contribution in [0.3, 0.4) is 0 Å². The zero-order valence-electron chi connectivity index (χ0n) is 34.5. The van der Waals surface area contributed by atoms with Crippen molar-refractivity contribution in [2.75, 3.05) is 4.90 Å². The summed E-state index contributed by atoms with van der Waals surface area (Å²) in [4.78, 5) is 2.40. The molecule has 63 heavy (non-hydrogen) atoms. The highest BCUT2D eigenvalue weighted by Crippen LogP contribution is 2.44. The van der Waals surface area contributed by atoms with Crippen LogP contribution in [0.1, 0.15) is 0 Å². The summed E-state index contributed by atoms with van der Waals surface area (Å²) in [6.45, 7) is 0. The van der Waals surface area contributed by atoms with E-state index in [2.05, 4.69) is 263 Å². The fourth-order valence-corrected chi connectivity index (χ4v) is 9.60. The number of benzene rings is 10. The van der Waals surface area contributed by atoms with E-state index in [1.54, 1.807) is 0 Å². The summed E-state index contributed by atoms with van der Waals surface area (Å²) in [6, 6.07) is 90.1. The molecule has 0 saturated carbocycles. The van der Waals surface area contributed by atoms with Crippen LogP contribution in [0.2, 0.25) is 0 Å². The Bertz CT molecular complexity index is 3570. The van der Waals surface area contributed by atoms with Gasteiger partial charge in [0.05, 0.1) is 22.1 Å². The summed E-state index contributed by atoms with van der Waals surface area (Å²) in [5.41, 5.74) is 17.4. The average molecular weight is 804 g/mol. The molecule has 0 fully saturated rings. The quantitative estimate of drug-likeness (QED) is 0.149. The SMILES string of the molecule is c1ccc(-c2ccc(N(c3ccc(-n4c5ccccc5c5ccc(-c6ccccc6)cc54)cc3)c3ccc4c(c3)c3c(-c5ccccc5)cccc3n4-c3ccccc3)cc2)cc1. The lowest BCUT2D eigenvalue weighted by atomic mass is 9.99. The maximum atomic E-state index is 2.41. The highest BCUT2D eigenvalue weighted by atomic mass is 15.1. The average Bonchev–Trinajstić information content (AvgIpc) is 3.88. The van der Waals surface area contributed by atoms with Gasteiger partial charge in [0.25, 0.3) is 0 Å². The molecule has 3 nitrogen and oxygen atoms in total. The van der Waals surface area contributed by atoms with Crippen LogP contribution in [0.5, 0.6) is 0 Å². The molecule has 0 bridgehead atoms. The van der Waals surface area contributed by atoms with Gasteiger partial charge in [0.2, 0.25) is 0 Å². The number of hydrogen-bond donors (Lipinski definition) is 0. The van der Waals surface area contributed by atoms with Gasteiger partial charge in [0.15, 0.2) is 0 Å². The van der Waals surface area contributed by atoms with Crippen molar-refractivity contribution in [3.63, 3.8) is 0 Å². The summed E-state index contributed by atoms with van der Waals surface area (Å²) < 4.78 is 4.82. The predicted molar refractivity (Wildman–Crippen MR) is 266 cm³/mol. The molecule has 10 aromatic carbocycles. The molecule has 3 heteroatoms. The molecular formula is C60H41N3. The van der Waals surface area contributed by atoms with E-state index in [0.29, 0.717) is 0 Å². The van der Waals surface area contributed by atoms with E-state index in [4.69, 9.17) is 0 Å². The van der Waals surface area contributed by atoms with Crippen molar-refractivity contribution in [1.82, 2.24) is 9.13 Å². The first kappa shape index (κ1) is 36.5. The number of nitrogens with zero attached hydrogens (tertiary/aromatic N) is 3. The molecule has 12 rings (SSSR count). The van der Waals surface area contributed by atoms with Crippen LogP contribution in [0.25, 0.3) is 88.4 Å². The summed E-state index contributed by atoms with van der Waals surface area (Å²) in [7, 11) is 0. The zero-order valence-corrected chi connectivity index (χ0v) is 34.5. The van der Waals surface area contributed by atoms with E-state index in [1.165, 1.54) is 77.0 Å². The van der Waals surface area contributed by atoms with Crippen LogP contribution in [-0.2, 0) is 0 Å². The first-order valence-electron chi connectivity index (χ1n) is 21.6. The van der Waals surface area contributed by atoms with Crippen molar-refractivity contribution in [2.45, 2.75) is 0 Å². The number of para-hydroxylation sites is 2. The molecule has 0 amide bonds. The van der Waals surface area contributed by atoms with Gasteiger partial charge in [-0.1, -0.05) is 164 Å². The summed E-state index contributed by atoms with van der Waals surface area (Å²) in [5.74, 6) is 0. The third-order valence-electron chi connectivity index (χ3n) is 12.5. The van der Waals surface area contributed by atoms with Gasteiger partial charge in [-0.25, -0.2) is 0 Å². The first-order chi connectivity index (χ1) is 31.3. The monoisotopic (exact) mass is 803 g/mol. The molecule has 2 heterocycles. The lowest BCUT2D eigenvalue weighted by Gasteiger charge is -2.26. The molecule has 0 spiro atoms. The third kappa shape index (κ3) is 6.29. The van der Waals surface area contributed by atoms with Crippen LogP contribution in [-0.4, -0.2) is 9.13 Å². The molecule has 0 aliphatic rings. The highest BCUT2D eigenvalue weighted by Gasteiger charge is 2.21. The van der Waals surface area contributed by atoms with E-state index in [9.17, 15) is 0 Å². The molecule has 0 N–H and O–H groups in total. The van der Waals surface area contributed by atoms with Crippen molar-refractivity contribution in [1.29, 1.82) is 0 Å². The Labute approximate surface area is 366 Å². The van der Waals surface area contributed by atoms with Crippen LogP contribution in [0.15, 0.2) is 249 Å². The van der Waals surface area contributed by atoms with Crippen molar-refractivity contribution < 1.29 is 0 Å². The Morgan fingerprint density at radius 3 is 1.43 bits per heavy atom. The van der Waals surface area contributed by atoms with E-state index in [1.807, 2.05) is 0 Å². The van der Waals surface area contributed by atoms with Crippen molar-refractivity contribution in [3.8, 4) is 44.8 Å². The second kappa shape index (κ2) is 15.3. The molecule has 0 saturated heterocycles. The minimum atomic E-state index is 1.08. The molecule has 12 aromatic rings. The molecule has 0 atom stereocenters. The second-order valence-electron chi connectivity index (χ2n) is 16.2. The van der Waals surface area contributed by atoms with Crippen LogP contribution in [0, 0.1) is 0 Å². The van der Waals surface area contributed by atoms with Crippen LogP contribution < -0.4 is 4.90 Å². The summed E-state index contributed by atoms with van der Waals surface area (Å²) in [6.07, 6.45) is 0. The van der Waals surface area contributed by atoms with Gasteiger partial charge in [0, 0.05) is 50.0 Å². The Balaban J connectivity index is 1.05. The number of fused-ring (bicyclic) bond motifs is 6. The molecule has 0 aliphatic heterocycles. The van der Waals surface area contributed by atoms with Gasteiger partial charge < -0.3 is 14.0 Å². The van der Waals surface area contributed by atoms with Gasteiger partial charge in [0.1, 0.15) is 0 Å². The van der Waals surface area contributed by atoms with Gasteiger partial charge in [-0.2, -0.15) is 0 Å². The summed E-state index contributed by atoms with van der Waals surface area (Å²) in [5, 5.41) is 4.93. The number of aromatic nitrogens is 2. The second-order valence-corrected chi connectivity index (χ2v) is 16.2. The molecule has 296 valence electrons. The topological polar surface area (TPSA) is 13.1 Å². The lowest BCUT2D eigenvalue weighted by molar-refractivity contribution is 1.17. The zero-order chi connectivity index (χ0) is 41.7. The minimum Gasteiger partial charge on any atom is -0.310 e. The van der Waals surface area contributed by atoms with Gasteiger partial charge in [-0.15, -0.1) is 0 Å². The maximum Gasteiger partial charge on any atom is 0.0547 e. The Hall–Kier alpha value is -8.40. The Morgan fingerprint density at radius 1 is 0.254 bits per heavy atom. The first-order valence-corrected chi connectivity index (χ1v) is 21.6. The fraction of sp³-hybridized carbons (Fsp3) is 0. The molecular weight excluding hydrogens is 763 g/mol. The standard InChI is InChI=1S/C60H41N3/c1-5-16-42(17-6-1)44-28-31-48(32-29-44)61(49-33-35-50(36-34-49)63-56-26-14-13-24-53(56)54-38-30-46(40-59(54)63)43-18-7-2-8-19-43)51-37-39-57-55(41-51)60-52(45-20-9-3-10-21-45)25-15-27-58(60)62(57)47-22-11-4-12-23-47/h1-41H. The molecule has 2 aromatic heterocycles. The fourth-order valence-electron chi connectivity index (χ4n) is 9.60. The van der Waals surface area contributed by atoms with E-state index in [-0.39, 0.29) is 0 Å². The van der Waals surface area contributed by atoms with Gasteiger partial charge in [-0.3, -0.25) is 0 Å². The normalized spacial score (nSPS) is 11.5. The van der Waals surface area contributed by atoms with Crippen molar-refractivity contribution >= 4 is 60.7 Å². The van der Waals surface area contributed by atoms with E-state index >= 15 is 0 Å². The number of hydrogen-bond acceptors (Lipinski definition) is 1. The molecule has 0 unspecified atom stereocenters. The maximum absolute atomic E-state index is 2.41.